The lowest BCUT2D eigenvalue weighted by Crippen LogP contribution is -2.30. The minimum absolute atomic E-state index is 0.00386. The fourth-order valence-corrected chi connectivity index (χ4v) is 2.66. The van der Waals surface area contributed by atoms with E-state index >= 15 is 0 Å². The first-order valence-electron chi connectivity index (χ1n) is 3.39. The molecule has 3 heteroatoms. The minimum atomic E-state index is -0.943. The average molecular weight is 160 g/mol. The molecule has 1 fully saturated rings. The third-order valence-electron chi connectivity index (χ3n) is 2.01. The van der Waals surface area contributed by atoms with Crippen molar-refractivity contribution >= 4 is 16.6 Å². The molecule has 58 valence electrons. The normalized spacial score (nSPS) is 38.5. The van der Waals surface area contributed by atoms with Gasteiger partial charge < -0.3 is 0 Å². The molecule has 2 nitrogen and oxygen atoms in total. The van der Waals surface area contributed by atoms with Gasteiger partial charge in [-0.25, -0.2) is 0 Å². The Hall–Kier alpha value is -0.180. The molecule has 0 aromatic heterocycles. The first kappa shape index (κ1) is 7.92. The third kappa shape index (κ3) is 0.926. The van der Waals surface area contributed by atoms with Gasteiger partial charge in [-0.2, -0.15) is 0 Å². The van der Waals surface area contributed by atoms with Crippen LogP contribution in [0.1, 0.15) is 20.8 Å². The Kier molecular flexibility index (Phi) is 1.71. The highest BCUT2D eigenvalue weighted by molar-refractivity contribution is 7.87. The molecule has 1 rings (SSSR count). The summed E-state index contributed by atoms with van der Waals surface area (Å²) in [7, 11) is -0.943. The van der Waals surface area contributed by atoms with Crippen molar-refractivity contribution in [3.63, 3.8) is 0 Å². The van der Waals surface area contributed by atoms with Crippen molar-refractivity contribution in [3.05, 3.63) is 0 Å². The molecule has 0 radical (unpaired) electrons. The zero-order valence-electron chi connectivity index (χ0n) is 6.51. The van der Waals surface area contributed by atoms with E-state index in [1.807, 2.05) is 6.92 Å². The molecular weight excluding hydrogens is 148 g/mol. The highest BCUT2D eigenvalue weighted by Gasteiger charge is 2.44. The van der Waals surface area contributed by atoms with Crippen LogP contribution in [0, 0.1) is 5.92 Å². The van der Waals surface area contributed by atoms with Gasteiger partial charge in [0.2, 0.25) is 0 Å². The van der Waals surface area contributed by atoms with E-state index in [2.05, 4.69) is 0 Å². The Morgan fingerprint density at radius 2 is 2.10 bits per heavy atom. The maximum atomic E-state index is 11.2. The van der Waals surface area contributed by atoms with E-state index in [1.54, 1.807) is 13.8 Å². The Morgan fingerprint density at radius 1 is 1.60 bits per heavy atom. The third-order valence-corrected chi connectivity index (χ3v) is 4.15. The monoisotopic (exact) mass is 160 g/mol. The predicted molar refractivity (Wildman–Crippen MR) is 41.3 cm³/mol. The molecule has 0 saturated carbocycles. The molecule has 0 spiro atoms. The van der Waals surface area contributed by atoms with Gasteiger partial charge in [0, 0.05) is 22.5 Å². The number of carbonyl (C=O) groups is 1. The van der Waals surface area contributed by atoms with Crippen molar-refractivity contribution < 1.29 is 9.00 Å². The summed E-state index contributed by atoms with van der Waals surface area (Å²) >= 11 is 0. The summed E-state index contributed by atoms with van der Waals surface area (Å²) in [6, 6.07) is 0. The summed E-state index contributed by atoms with van der Waals surface area (Å²) in [4.78, 5) is 11.2. The van der Waals surface area contributed by atoms with E-state index in [0.29, 0.717) is 5.75 Å². The van der Waals surface area contributed by atoms with Crippen molar-refractivity contribution in [3.8, 4) is 0 Å². The molecule has 1 aliphatic rings. The largest absolute Gasteiger partial charge is 0.298 e. The van der Waals surface area contributed by atoms with Gasteiger partial charge in [0.15, 0.2) is 5.78 Å². The molecule has 0 aromatic rings. The van der Waals surface area contributed by atoms with Crippen LogP contribution in [-0.2, 0) is 15.6 Å². The maximum Gasteiger partial charge on any atom is 0.154 e. The Labute approximate surface area is 63.5 Å². The number of ketones is 1. The number of Topliss-reactive ketones (excluding diaryl/α,β-unsaturated/α-hetero) is 1. The van der Waals surface area contributed by atoms with Crippen LogP contribution < -0.4 is 0 Å². The smallest absolute Gasteiger partial charge is 0.154 e. The second-order valence-corrected chi connectivity index (χ2v) is 5.33. The van der Waals surface area contributed by atoms with Gasteiger partial charge in [-0.15, -0.1) is 0 Å². The van der Waals surface area contributed by atoms with Crippen LogP contribution in [0.2, 0.25) is 0 Å². The molecule has 0 aromatic carbocycles. The van der Waals surface area contributed by atoms with Crippen molar-refractivity contribution in [1.82, 2.24) is 0 Å². The van der Waals surface area contributed by atoms with Crippen LogP contribution >= 0.6 is 0 Å². The Bertz CT molecular complexity index is 196. The minimum Gasteiger partial charge on any atom is -0.298 e. The lowest BCUT2D eigenvalue weighted by atomic mass is 9.99. The molecule has 0 amide bonds. The molecule has 1 aliphatic heterocycles. The summed E-state index contributed by atoms with van der Waals surface area (Å²) in [5, 5.41) is 0. The fraction of sp³-hybridized carbons (Fsp3) is 0.857. The first-order valence-corrected chi connectivity index (χ1v) is 4.71. The molecule has 10 heavy (non-hydrogen) atoms. The Balaban J connectivity index is 2.96. The van der Waals surface area contributed by atoms with Gasteiger partial charge in [-0.1, -0.05) is 6.92 Å². The van der Waals surface area contributed by atoms with Crippen LogP contribution in [0.15, 0.2) is 0 Å². The average Bonchev–Trinajstić information content (AvgIpc) is 1.97. The molecule has 1 saturated heterocycles. The lowest BCUT2D eigenvalue weighted by molar-refractivity contribution is -0.122. The van der Waals surface area contributed by atoms with Gasteiger partial charge >= 0.3 is 0 Å². The first-order chi connectivity index (χ1) is 4.46. The lowest BCUT2D eigenvalue weighted by Gasteiger charge is -2.12. The summed E-state index contributed by atoms with van der Waals surface area (Å²) in [6.07, 6.45) is 0. The van der Waals surface area contributed by atoms with Gasteiger partial charge in [0.05, 0.1) is 4.75 Å². The molecule has 2 unspecified atom stereocenters. The molecule has 0 bridgehead atoms. The topological polar surface area (TPSA) is 34.1 Å². The van der Waals surface area contributed by atoms with Crippen LogP contribution in [0.4, 0.5) is 0 Å². The van der Waals surface area contributed by atoms with Crippen molar-refractivity contribution in [2.24, 2.45) is 5.92 Å². The number of carbonyl (C=O) groups excluding carboxylic acids is 1. The van der Waals surface area contributed by atoms with Gasteiger partial charge in [0.25, 0.3) is 0 Å². The standard InChI is InChI=1S/C7H12O2S/c1-5-4-10(9)7(2,3)6(5)8/h5H,4H2,1-3H3. The summed E-state index contributed by atoms with van der Waals surface area (Å²) in [5.74, 6) is 0.688. The molecule has 1 heterocycles. The van der Waals surface area contributed by atoms with Crippen LogP contribution in [-0.4, -0.2) is 20.5 Å². The molecule has 2 atom stereocenters. The van der Waals surface area contributed by atoms with Gasteiger partial charge in [-0.05, 0) is 13.8 Å². The SMILES string of the molecule is CC1CS(=O)C(C)(C)C1=O. The van der Waals surface area contributed by atoms with Gasteiger partial charge in [-0.3, -0.25) is 9.00 Å². The van der Waals surface area contributed by atoms with Crippen molar-refractivity contribution in [2.45, 2.75) is 25.5 Å². The van der Waals surface area contributed by atoms with Crippen molar-refractivity contribution in [2.75, 3.05) is 5.75 Å². The maximum absolute atomic E-state index is 11.2. The van der Waals surface area contributed by atoms with Crippen LogP contribution in [0.3, 0.4) is 0 Å². The summed E-state index contributed by atoms with van der Waals surface area (Å²) in [5.41, 5.74) is 0. The van der Waals surface area contributed by atoms with E-state index in [0.717, 1.165) is 0 Å². The second-order valence-electron chi connectivity index (χ2n) is 3.29. The van der Waals surface area contributed by atoms with Gasteiger partial charge in [0.1, 0.15) is 0 Å². The van der Waals surface area contributed by atoms with E-state index in [9.17, 15) is 9.00 Å². The van der Waals surface area contributed by atoms with Crippen molar-refractivity contribution in [1.29, 1.82) is 0 Å². The van der Waals surface area contributed by atoms with Crippen LogP contribution in [0.5, 0.6) is 0 Å². The molecular formula is C7H12O2S. The molecule has 0 N–H and O–H groups in total. The van der Waals surface area contributed by atoms with E-state index in [4.69, 9.17) is 0 Å². The second kappa shape index (κ2) is 2.16. The molecule has 0 aliphatic carbocycles. The van der Waals surface area contributed by atoms with E-state index < -0.39 is 15.5 Å². The Morgan fingerprint density at radius 3 is 2.20 bits per heavy atom. The summed E-state index contributed by atoms with van der Waals surface area (Å²) < 4.78 is 10.6. The number of hydrogen-bond donors (Lipinski definition) is 0. The number of hydrogen-bond acceptors (Lipinski definition) is 2. The predicted octanol–water partition coefficient (Wildman–Crippen LogP) is 0.732. The zero-order chi connectivity index (χ0) is 7.94. The fourth-order valence-electron chi connectivity index (χ4n) is 1.22. The summed E-state index contributed by atoms with van der Waals surface area (Å²) in [6.45, 7) is 5.36. The zero-order valence-corrected chi connectivity index (χ0v) is 7.33. The van der Waals surface area contributed by atoms with E-state index in [-0.39, 0.29) is 11.7 Å². The number of rotatable bonds is 0. The van der Waals surface area contributed by atoms with Crippen LogP contribution in [0.25, 0.3) is 0 Å². The quantitative estimate of drug-likeness (QED) is 0.523. The van der Waals surface area contributed by atoms with E-state index in [1.165, 1.54) is 0 Å². The highest BCUT2D eigenvalue weighted by atomic mass is 32.2. The highest BCUT2D eigenvalue weighted by Crippen LogP contribution is 2.28.